The van der Waals surface area contributed by atoms with E-state index in [1.807, 2.05) is 0 Å². The Morgan fingerprint density at radius 3 is 2.47 bits per heavy atom. The Hall–Kier alpha value is -1.49. The maximum absolute atomic E-state index is 13.1. The molecule has 0 aliphatic carbocycles. The van der Waals surface area contributed by atoms with Crippen LogP contribution in [0.25, 0.3) is 0 Å². The van der Waals surface area contributed by atoms with Crippen LogP contribution in [-0.2, 0) is 11.3 Å². The van der Waals surface area contributed by atoms with E-state index in [1.165, 1.54) is 18.2 Å². The number of amides is 1. The number of rotatable bonds is 5. The van der Waals surface area contributed by atoms with Gasteiger partial charge in [0.05, 0.1) is 0 Å². The average molecular weight is 214 g/mol. The summed E-state index contributed by atoms with van der Waals surface area (Å²) in [6.45, 7) is 0.356. The third kappa shape index (κ3) is 3.63. The lowest BCUT2D eigenvalue weighted by atomic mass is 10.2. The van der Waals surface area contributed by atoms with Gasteiger partial charge in [0, 0.05) is 25.1 Å². The van der Waals surface area contributed by atoms with Gasteiger partial charge in [-0.15, -0.1) is 0 Å². The van der Waals surface area contributed by atoms with E-state index in [9.17, 15) is 13.6 Å². The van der Waals surface area contributed by atoms with Crippen molar-refractivity contribution in [3.63, 3.8) is 0 Å². The molecular weight excluding hydrogens is 202 g/mol. The molecule has 1 amide bonds. The SMILES string of the molecule is NC(=O)CCNCc1c(F)cccc1F. The van der Waals surface area contributed by atoms with E-state index in [4.69, 9.17) is 5.73 Å². The van der Waals surface area contributed by atoms with Crippen molar-refractivity contribution < 1.29 is 13.6 Å². The molecule has 0 unspecified atom stereocenters. The smallest absolute Gasteiger partial charge is 0.218 e. The normalized spacial score (nSPS) is 10.3. The molecule has 0 bridgehead atoms. The summed E-state index contributed by atoms with van der Waals surface area (Å²) < 4.78 is 26.1. The van der Waals surface area contributed by atoms with E-state index < -0.39 is 17.5 Å². The summed E-state index contributed by atoms with van der Waals surface area (Å²) >= 11 is 0. The molecule has 0 saturated carbocycles. The first kappa shape index (κ1) is 11.6. The molecule has 3 N–H and O–H groups in total. The average Bonchev–Trinajstić information content (AvgIpc) is 2.15. The molecule has 3 nitrogen and oxygen atoms in total. The summed E-state index contributed by atoms with van der Waals surface area (Å²) in [5, 5.41) is 2.73. The maximum Gasteiger partial charge on any atom is 0.218 e. The zero-order valence-corrected chi connectivity index (χ0v) is 8.09. The van der Waals surface area contributed by atoms with E-state index in [1.54, 1.807) is 0 Å². The number of carbonyl (C=O) groups is 1. The highest BCUT2D eigenvalue weighted by atomic mass is 19.1. The Labute approximate surface area is 86.3 Å². The lowest BCUT2D eigenvalue weighted by Crippen LogP contribution is -2.22. The Balaban J connectivity index is 2.47. The highest BCUT2D eigenvalue weighted by molar-refractivity contribution is 5.73. The second-order valence-corrected chi connectivity index (χ2v) is 3.09. The molecule has 0 spiro atoms. The molecule has 0 saturated heterocycles. The molecule has 1 aromatic carbocycles. The number of benzene rings is 1. The third-order valence-electron chi connectivity index (χ3n) is 1.91. The molecule has 0 aliphatic rings. The fourth-order valence-electron chi connectivity index (χ4n) is 1.13. The topological polar surface area (TPSA) is 55.1 Å². The van der Waals surface area contributed by atoms with Crippen molar-refractivity contribution in [1.82, 2.24) is 5.32 Å². The molecule has 0 fully saturated rings. The second-order valence-electron chi connectivity index (χ2n) is 3.09. The number of hydrogen-bond donors (Lipinski definition) is 2. The molecule has 0 atom stereocenters. The maximum atomic E-state index is 13.1. The van der Waals surface area contributed by atoms with E-state index >= 15 is 0 Å². The van der Waals surface area contributed by atoms with Crippen molar-refractivity contribution in [2.24, 2.45) is 5.73 Å². The summed E-state index contributed by atoms with van der Waals surface area (Å²) in [6, 6.07) is 3.68. The largest absolute Gasteiger partial charge is 0.370 e. The number of hydrogen-bond acceptors (Lipinski definition) is 2. The van der Waals surface area contributed by atoms with Gasteiger partial charge in [-0.2, -0.15) is 0 Å². The Morgan fingerprint density at radius 1 is 1.33 bits per heavy atom. The van der Waals surface area contributed by atoms with E-state index in [2.05, 4.69) is 5.32 Å². The van der Waals surface area contributed by atoms with Crippen LogP contribution in [0.2, 0.25) is 0 Å². The highest BCUT2D eigenvalue weighted by Gasteiger charge is 2.07. The van der Waals surface area contributed by atoms with Crippen molar-refractivity contribution >= 4 is 5.91 Å². The lowest BCUT2D eigenvalue weighted by molar-refractivity contribution is -0.117. The van der Waals surface area contributed by atoms with Gasteiger partial charge in [-0.3, -0.25) is 4.79 Å². The van der Waals surface area contributed by atoms with E-state index in [-0.39, 0.29) is 18.5 Å². The molecule has 15 heavy (non-hydrogen) atoms. The molecule has 0 heterocycles. The van der Waals surface area contributed by atoms with Gasteiger partial charge in [0.25, 0.3) is 0 Å². The van der Waals surface area contributed by atoms with Crippen LogP contribution in [0.5, 0.6) is 0 Å². The first-order valence-corrected chi connectivity index (χ1v) is 4.53. The Kier molecular flexibility index (Phi) is 4.17. The lowest BCUT2D eigenvalue weighted by Gasteiger charge is -2.05. The number of carbonyl (C=O) groups excluding carboxylic acids is 1. The third-order valence-corrected chi connectivity index (χ3v) is 1.91. The van der Waals surface area contributed by atoms with Gasteiger partial charge >= 0.3 is 0 Å². The summed E-state index contributed by atoms with van der Waals surface area (Å²) in [5.41, 5.74) is 4.88. The monoisotopic (exact) mass is 214 g/mol. The molecule has 1 rings (SSSR count). The predicted molar refractivity (Wildman–Crippen MR) is 51.9 cm³/mol. The van der Waals surface area contributed by atoms with Crippen molar-refractivity contribution in [3.8, 4) is 0 Å². The van der Waals surface area contributed by atoms with Crippen LogP contribution in [0.1, 0.15) is 12.0 Å². The van der Waals surface area contributed by atoms with Gasteiger partial charge in [0.1, 0.15) is 11.6 Å². The molecular formula is C10H12F2N2O. The van der Waals surface area contributed by atoms with Crippen molar-refractivity contribution in [1.29, 1.82) is 0 Å². The van der Waals surface area contributed by atoms with Crippen LogP contribution in [0, 0.1) is 11.6 Å². The molecule has 0 radical (unpaired) electrons. The molecule has 0 aromatic heterocycles. The van der Waals surface area contributed by atoms with Gasteiger partial charge < -0.3 is 11.1 Å². The first-order valence-electron chi connectivity index (χ1n) is 4.53. The fourth-order valence-corrected chi connectivity index (χ4v) is 1.13. The zero-order chi connectivity index (χ0) is 11.3. The Bertz CT molecular complexity index is 335. The second kappa shape index (κ2) is 5.41. The number of nitrogens with two attached hydrogens (primary N) is 1. The predicted octanol–water partition coefficient (Wildman–Crippen LogP) is 0.930. The molecule has 82 valence electrons. The summed E-state index contributed by atoms with van der Waals surface area (Å²) in [4.78, 5) is 10.4. The minimum atomic E-state index is -0.596. The van der Waals surface area contributed by atoms with E-state index in [0.717, 1.165) is 0 Å². The Morgan fingerprint density at radius 2 is 1.93 bits per heavy atom. The fraction of sp³-hybridized carbons (Fsp3) is 0.300. The van der Waals surface area contributed by atoms with Crippen molar-refractivity contribution in [2.75, 3.05) is 6.54 Å². The van der Waals surface area contributed by atoms with Crippen LogP contribution < -0.4 is 11.1 Å². The van der Waals surface area contributed by atoms with Crippen molar-refractivity contribution in [3.05, 3.63) is 35.4 Å². The van der Waals surface area contributed by atoms with Crippen LogP contribution in [0.15, 0.2) is 18.2 Å². The van der Waals surface area contributed by atoms with Gasteiger partial charge in [-0.25, -0.2) is 8.78 Å². The van der Waals surface area contributed by atoms with Crippen LogP contribution >= 0.6 is 0 Å². The minimum absolute atomic E-state index is 0.0260. The molecule has 5 heteroatoms. The summed E-state index contributed by atoms with van der Waals surface area (Å²) in [5.74, 6) is -1.64. The minimum Gasteiger partial charge on any atom is -0.370 e. The van der Waals surface area contributed by atoms with Crippen molar-refractivity contribution in [2.45, 2.75) is 13.0 Å². The quantitative estimate of drug-likeness (QED) is 0.716. The number of primary amides is 1. The summed E-state index contributed by atoms with van der Waals surface area (Å²) in [6.07, 6.45) is 0.149. The number of nitrogens with one attached hydrogen (secondary N) is 1. The van der Waals surface area contributed by atoms with Crippen LogP contribution in [0.4, 0.5) is 8.78 Å². The standard InChI is InChI=1S/C10H12F2N2O/c11-8-2-1-3-9(12)7(8)6-14-5-4-10(13)15/h1-3,14H,4-6H2,(H2,13,15). The van der Waals surface area contributed by atoms with Crippen LogP contribution in [0.3, 0.4) is 0 Å². The highest BCUT2D eigenvalue weighted by Crippen LogP contribution is 2.11. The first-order chi connectivity index (χ1) is 7.11. The van der Waals surface area contributed by atoms with Crippen LogP contribution in [-0.4, -0.2) is 12.5 Å². The van der Waals surface area contributed by atoms with Gasteiger partial charge in [0.2, 0.25) is 5.91 Å². The zero-order valence-electron chi connectivity index (χ0n) is 8.09. The number of halogens is 2. The van der Waals surface area contributed by atoms with E-state index in [0.29, 0.717) is 6.54 Å². The molecule has 1 aromatic rings. The van der Waals surface area contributed by atoms with Gasteiger partial charge in [-0.1, -0.05) is 6.07 Å². The molecule has 0 aliphatic heterocycles. The van der Waals surface area contributed by atoms with Gasteiger partial charge in [-0.05, 0) is 12.1 Å². The summed E-state index contributed by atoms with van der Waals surface area (Å²) in [7, 11) is 0. The van der Waals surface area contributed by atoms with Gasteiger partial charge in [0.15, 0.2) is 0 Å².